The van der Waals surface area contributed by atoms with Crippen molar-refractivity contribution in [1.82, 2.24) is 4.90 Å². The van der Waals surface area contributed by atoms with Gasteiger partial charge in [0, 0.05) is 19.7 Å². The molecule has 0 radical (unpaired) electrons. The molecule has 150 valence electrons. The molecular formula is C20H28FNO4S. The number of amides is 1. The lowest BCUT2D eigenvalue weighted by Crippen LogP contribution is -2.41. The van der Waals surface area contributed by atoms with E-state index in [0.717, 1.165) is 31.7 Å². The number of hydrogen-bond donors (Lipinski definition) is 0. The third-order valence-corrected chi connectivity index (χ3v) is 7.86. The predicted molar refractivity (Wildman–Crippen MR) is 101 cm³/mol. The van der Waals surface area contributed by atoms with E-state index in [-0.39, 0.29) is 16.4 Å². The number of benzene rings is 1. The maximum absolute atomic E-state index is 14.4. The lowest BCUT2D eigenvalue weighted by Gasteiger charge is -2.32. The van der Waals surface area contributed by atoms with Gasteiger partial charge in [-0.15, -0.1) is 0 Å². The van der Waals surface area contributed by atoms with Gasteiger partial charge in [-0.2, -0.15) is 0 Å². The van der Waals surface area contributed by atoms with Crippen molar-refractivity contribution in [2.75, 3.05) is 26.3 Å². The highest BCUT2D eigenvalue weighted by Crippen LogP contribution is 2.31. The van der Waals surface area contributed by atoms with Crippen molar-refractivity contribution in [3.8, 4) is 0 Å². The molecule has 1 aromatic carbocycles. The van der Waals surface area contributed by atoms with Gasteiger partial charge in [-0.05, 0) is 56.7 Å². The van der Waals surface area contributed by atoms with Gasteiger partial charge in [-0.25, -0.2) is 12.8 Å². The molecule has 2 aliphatic rings. The summed E-state index contributed by atoms with van der Waals surface area (Å²) in [6, 6.07) is 3.63. The van der Waals surface area contributed by atoms with Crippen molar-refractivity contribution < 1.29 is 22.3 Å². The van der Waals surface area contributed by atoms with Crippen LogP contribution in [0.1, 0.15) is 55.8 Å². The van der Waals surface area contributed by atoms with Gasteiger partial charge in [0.25, 0.3) is 5.91 Å². The van der Waals surface area contributed by atoms with E-state index in [1.807, 2.05) is 6.92 Å². The monoisotopic (exact) mass is 397 g/mol. The first-order chi connectivity index (χ1) is 12.9. The molecule has 0 unspecified atom stereocenters. The summed E-state index contributed by atoms with van der Waals surface area (Å²) in [5, 5.41) is -0.420. The molecule has 0 bridgehead atoms. The Balaban J connectivity index is 1.80. The van der Waals surface area contributed by atoms with Crippen LogP contribution < -0.4 is 0 Å². The number of sulfone groups is 1. The number of rotatable bonds is 6. The Hall–Kier alpha value is -1.47. The SMILES string of the molecule is CCOC[C@H]1CCCN(C(=O)c2cc(S(=O)(=O)C3CCCC3)ccc2F)C1. The number of carbonyl (C=O) groups excluding carboxylic acids is 1. The molecule has 1 atom stereocenters. The third-order valence-electron chi connectivity index (χ3n) is 5.60. The number of ether oxygens (including phenoxy) is 1. The summed E-state index contributed by atoms with van der Waals surface area (Å²) in [5.41, 5.74) is -0.147. The summed E-state index contributed by atoms with van der Waals surface area (Å²) in [5.74, 6) is -0.870. The number of hydrogen-bond acceptors (Lipinski definition) is 4. The first-order valence-corrected chi connectivity index (χ1v) is 11.4. The van der Waals surface area contributed by atoms with E-state index in [1.165, 1.54) is 12.1 Å². The van der Waals surface area contributed by atoms with Crippen molar-refractivity contribution in [3.05, 3.63) is 29.6 Å². The minimum atomic E-state index is -3.52. The van der Waals surface area contributed by atoms with Gasteiger partial charge >= 0.3 is 0 Å². The van der Waals surface area contributed by atoms with Crippen molar-refractivity contribution >= 4 is 15.7 Å². The largest absolute Gasteiger partial charge is 0.381 e. The highest BCUT2D eigenvalue weighted by Gasteiger charge is 2.32. The minimum Gasteiger partial charge on any atom is -0.381 e. The number of likely N-dealkylation sites (tertiary alicyclic amines) is 1. The first-order valence-electron chi connectivity index (χ1n) is 9.84. The molecule has 1 heterocycles. The molecule has 2 fully saturated rings. The van der Waals surface area contributed by atoms with Crippen LogP contribution in [0.5, 0.6) is 0 Å². The van der Waals surface area contributed by atoms with Crippen LogP contribution in [0, 0.1) is 11.7 Å². The third kappa shape index (κ3) is 4.51. The van der Waals surface area contributed by atoms with Crippen molar-refractivity contribution in [2.45, 2.75) is 55.6 Å². The molecule has 27 heavy (non-hydrogen) atoms. The van der Waals surface area contributed by atoms with Crippen LogP contribution in [0.25, 0.3) is 0 Å². The van der Waals surface area contributed by atoms with E-state index >= 15 is 0 Å². The summed E-state index contributed by atoms with van der Waals surface area (Å²) in [6.07, 6.45) is 4.87. The molecule has 1 saturated carbocycles. The van der Waals surface area contributed by atoms with E-state index in [4.69, 9.17) is 4.74 Å². The van der Waals surface area contributed by atoms with Crippen LogP contribution in [0.3, 0.4) is 0 Å². The molecule has 1 amide bonds. The zero-order valence-electron chi connectivity index (χ0n) is 15.8. The second kappa shape index (κ2) is 8.69. The molecule has 7 heteroatoms. The highest BCUT2D eigenvalue weighted by molar-refractivity contribution is 7.92. The maximum Gasteiger partial charge on any atom is 0.256 e. The predicted octanol–water partition coefficient (Wildman–Crippen LogP) is 3.43. The number of nitrogens with zero attached hydrogens (tertiary/aromatic N) is 1. The van der Waals surface area contributed by atoms with Crippen LogP contribution >= 0.6 is 0 Å². The van der Waals surface area contributed by atoms with Gasteiger partial charge in [0.2, 0.25) is 0 Å². The quantitative estimate of drug-likeness (QED) is 0.690. The average Bonchev–Trinajstić information content (AvgIpc) is 3.22. The molecule has 1 aliphatic heterocycles. The smallest absolute Gasteiger partial charge is 0.256 e. The normalized spacial score (nSPS) is 21.6. The second-order valence-corrected chi connectivity index (χ2v) is 9.74. The summed E-state index contributed by atoms with van der Waals surface area (Å²) in [6.45, 7) is 4.20. The van der Waals surface area contributed by atoms with E-state index in [1.54, 1.807) is 4.90 Å². The topological polar surface area (TPSA) is 63.7 Å². The highest BCUT2D eigenvalue weighted by atomic mass is 32.2. The molecule has 1 saturated heterocycles. The van der Waals surface area contributed by atoms with E-state index < -0.39 is 26.8 Å². The Labute approximate surface area is 160 Å². The van der Waals surface area contributed by atoms with Crippen LogP contribution in [0.4, 0.5) is 4.39 Å². The molecule has 3 rings (SSSR count). The Bertz CT molecular complexity index is 774. The van der Waals surface area contributed by atoms with Crippen molar-refractivity contribution in [3.63, 3.8) is 0 Å². The van der Waals surface area contributed by atoms with Crippen molar-refractivity contribution in [2.24, 2.45) is 5.92 Å². The van der Waals surface area contributed by atoms with Gasteiger partial charge in [-0.1, -0.05) is 12.8 Å². The standard InChI is InChI=1S/C20H28FNO4S/c1-2-26-14-15-6-5-11-22(13-15)20(23)18-12-17(9-10-19(18)21)27(24,25)16-7-3-4-8-16/h9-10,12,15-16H,2-8,11,13-14H2,1H3/t15-/m0/s1. The summed E-state index contributed by atoms with van der Waals surface area (Å²) < 4.78 is 45.4. The zero-order chi connectivity index (χ0) is 19.4. The Morgan fingerprint density at radius 3 is 2.67 bits per heavy atom. The molecule has 1 aromatic rings. The Morgan fingerprint density at radius 1 is 1.22 bits per heavy atom. The Morgan fingerprint density at radius 2 is 1.96 bits per heavy atom. The van der Waals surface area contributed by atoms with Gasteiger partial charge in [-0.3, -0.25) is 4.79 Å². The van der Waals surface area contributed by atoms with Crippen LogP contribution in [-0.4, -0.2) is 50.8 Å². The van der Waals surface area contributed by atoms with E-state index in [2.05, 4.69) is 0 Å². The van der Waals surface area contributed by atoms with Crippen LogP contribution in [0.15, 0.2) is 23.1 Å². The number of carbonyl (C=O) groups is 1. The fourth-order valence-corrected chi connectivity index (χ4v) is 5.96. The summed E-state index contributed by atoms with van der Waals surface area (Å²) in [4.78, 5) is 14.6. The van der Waals surface area contributed by atoms with Crippen LogP contribution in [-0.2, 0) is 14.6 Å². The summed E-state index contributed by atoms with van der Waals surface area (Å²) in [7, 11) is -3.52. The molecule has 1 aliphatic carbocycles. The minimum absolute atomic E-state index is 0.0574. The van der Waals surface area contributed by atoms with Gasteiger partial charge in [0.1, 0.15) is 5.82 Å². The molecule has 0 N–H and O–H groups in total. The van der Waals surface area contributed by atoms with Crippen molar-refractivity contribution in [1.29, 1.82) is 0 Å². The fraction of sp³-hybridized carbons (Fsp3) is 0.650. The number of piperidine rings is 1. The Kier molecular flexibility index (Phi) is 6.52. The second-order valence-electron chi connectivity index (χ2n) is 7.51. The maximum atomic E-state index is 14.4. The van der Waals surface area contributed by atoms with E-state index in [0.29, 0.717) is 39.1 Å². The van der Waals surface area contributed by atoms with E-state index in [9.17, 15) is 17.6 Å². The van der Waals surface area contributed by atoms with Crippen LogP contribution in [0.2, 0.25) is 0 Å². The van der Waals surface area contributed by atoms with Gasteiger partial charge in [0.05, 0.1) is 22.3 Å². The van der Waals surface area contributed by atoms with Gasteiger partial charge in [0.15, 0.2) is 9.84 Å². The number of halogens is 1. The fourth-order valence-electron chi connectivity index (χ4n) is 4.08. The zero-order valence-corrected chi connectivity index (χ0v) is 16.6. The lowest BCUT2D eigenvalue weighted by atomic mass is 9.98. The molecular weight excluding hydrogens is 369 g/mol. The molecule has 0 aromatic heterocycles. The summed E-state index contributed by atoms with van der Waals surface area (Å²) >= 11 is 0. The van der Waals surface area contributed by atoms with Gasteiger partial charge < -0.3 is 9.64 Å². The molecule has 0 spiro atoms. The molecule has 5 nitrogen and oxygen atoms in total. The average molecular weight is 398 g/mol. The first kappa shape index (κ1) is 20.3. The lowest BCUT2D eigenvalue weighted by molar-refractivity contribution is 0.0497.